The summed E-state index contributed by atoms with van der Waals surface area (Å²) in [5, 5.41) is 3.82. The smallest absolute Gasteiger partial charge is 0.268 e. The third-order valence-corrected chi connectivity index (χ3v) is 3.02. The summed E-state index contributed by atoms with van der Waals surface area (Å²) in [6, 6.07) is 7.81. The van der Waals surface area contributed by atoms with Crippen LogP contribution in [0.25, 0.3) is 10.9 Å². The molecule has 0 saturated heterocycles. The van der Waals surface area contributed by atoms with Gasteiger partial charge in [0, 0.05) is 10.9 Å². The number of hydrogen-bond acceptors (Lipinski definition) is 3. The Morgan fingerprint density at radius 2 is 2.37 bits per heavy atom. The first kappa shape index (κ1) is 11.5. The number of aromatic amines is 1. The molecule has 96 valence electrons. The van der Waals surface area contributed by atoms with Gasteiger partial charge in [0.2, 0.25) is 0 Å². The highest BCUT2D eigenvalue weighted by molar-refractivity contribution is 5.98. The zero-order chi connectivity index (χ0) is 13.2. The molecule has 0 saturated carbocycles. The molecule has 19 heavy (non-hydrogen) atoms. The Kier molecular flexibility index (Phi) is 2.79. The van der Waals surface area contributed by atoms with Gasteiger partial charge in [-0.1, -0.05) is 18.2 Å². The van der Waals surface area contributed by atoms with E-state index in [-0.39, 0.29) is 5.91 Å². The Hall–Kier alpha value is -2.56. The minimum atomic E-state index is -0.154. The molecule has 0 aliphatic carbocycles. The molecule has 2 aromatic heterocycles. The monoisotopic (exact) mass is 255 g/mol. The lowest BCUT2D eigenvalue weighted by atomic mass is 10.2. The van der Waals surface area contributed by atoms with Crippen LogP contribution in [-0.2, 0) is 6.54 Å². The van der Waals surface area contributed by atoms with E-state index in [1.165, 1.54) is 12.7 Å². The van der Waals surface area contributed by atoms with E-state index in [2.05, 4.69) is 15.3 Å². The van der Waals surface area contributed by atoms with Crippen LogP contribution >= 0.6 is 0 Å². The largest absolute Gasteiger partial charge is 0.451 e. The fourth-order valence-corrected chi connectivity index (χ4v) is 2.02. The van der Waals surface area contributed by atoms with Crippen molar-refractivity contribution < 1.29 is 9.21 Å². The molecule has 0 radical (unpaired) electrons. The van der Waals surface area contributed by atoms with E-state index in [4.69, 9.17) is 4.42 Å². The first-order valence-corrected chi connectivity index (χ1v) is 5.97. The zero-order valence-electron chi connectivity index (χ0n) is 10.4. The van der Waals surface area contributed by atoms with Crippen molar-refractivity contribution in [3.05, 3.63) is 53.9 Å². The minimum absolute atomic E-state index is 0.154. The summed E-state index contributed by atoms with van der Waals surface area (Å²) in [4.78, 5) is 19.1. The van der Waals surface area contributed by atoms with E-state index in [1.807, 2.05) is 31.2 Å². The lowest BCUT2D eigenvalue weighted by Gasteiger charge is -2.00. The fourth-order valence-electron chi connectivity index (χ4n) is 2.02. The lowest BCUT2D eigenvalue weighted by molar-refractivity contribution is 0.0946. The highest BCUT2D eigenvalue weighted by Crippen LogP contribution is 2.18. The molecular weight excluding hydrogens is 242 g/mol. The standard InChI is InChI=1S/C14H13N3O2/c1-9-3-2-4-10-5-12(17-13(9)10)14(18)15-6-11-7-19-8-16-11/h2-5,7-8,17H,6H2,1H3,(H,15,18). The summed E-state index contributed by atoms with van der Waals surface area (Å²) in [5.74, 6) is -0.154. The maximum absolute atomic E-state index is 12.0. The van der Waals surface area contributed by atoms with Gasteiger partial charge >= 0.3 is 0 Å². The molecule has 1 aromatic carbocycles. The summed E-state index contributed by atoms with van der Waals surface area (Å²) in [5.41, 5.74) is 3.36. The van der Waals surface area contributed by atoms with E-state index in [1.54, 1.807) is 0 Å². The number of aryl methyl sites for hydroxylation is 1. The maximum atomic E-state index is 12.0. The number of nitrogens with zero attached hydrogens (tertiary/aromatic N) is 1. The van der Waals surface area contributed by atoms with Gasteiger partial charge in [-0.15, -0.1) is 0 Å². The number of aromatic nitrogens is 2. The van der Waals surface area contributed by atoms with Gasteiger partial charge in [-0.2, -0.15) is 0 Å². The summed E-state index contributed by atoms with van der Waals surface area (Å²) >= 11 is 0. The van der Waals surface area contributed by atoms with Crippen molar-refractivity contribution in [3.63, 3.8) is 0 Å². The van der Waals surface area contributed by atoms with E-state index in [0.717, 1.165) is 16.5 Å². The lowest BCUT2D eigenvalue weighted by Crippen LogP contribution is -2.23. The number of fused-ring (bicyclic) bond motifs is 1. The van der Waals surface area contributed by atoms with Crippen LogP contribution in [0.2, 0.25) is 0 Å². The van der Waals surface area contributed by atoms with Crippen molar-refractivity contribution in [3.8, 4) is 0 Å². The van der Waals surface area contributed by atoms with Crippen molar-refractivity contribution in [1.82, 2.24) is 15.3 Å². The second kappa shape index (κ2) is 4.61. The summed E-state index contributed by atoms with van der Waals surface area (Å²) < 4.78 is 4.85. The molecule has 5 nitrogen and oxygen atoms in total. The highest BCUT2D eigenvalue weighted by atomic mass is 16.3. The average molecular weight is 255 g/mol. The third kappa shape index (κ3) is 2.22. The number of oxazole rings is 1. The van der Waals surface area contributed by atoms with Crippen molar-refractivity contribution in [1.29, 1.82) is 0 Å². The molecule has 3 rings (SSSR count). The van der Waals surface area contributed by atoms with Crippen LogP contribution in [0.4, 0.5) is 0 Å². The average Bonchev–Trinajstić information content (AvgIpc) is 3.05. The summed E-state index contributed by atoms with van der Waals surface area (Å²) in [7, 11) is 0. The van der Waals surface area contributed by atoms with Crippen LogP contribution < -0.4 is 5.32 Å². The predicted molar refractivity (Wildman–Crippen MR) is 70.7 cm³/mol. The van der Waals surface area contributed by atoms with Crippen LogP contribution in [0, 0.1) is 6.92 Å². The molecule has 0 aliphatic heterocycles. The predicted octanol–water partition coefficient (Wildman–Crippen LogP) is 2.39. The number of carbonyl (C=O) groups is 1. The van der Waals surface area contributed by atoms with Crippen LogP contribution in [0.1, 0.15) is 21.7 Å². The van der Waals surface area contributed by atoms with Crippen LogP contribution in [0.5, 0.6) is 0 Å². The van der Waals surface area contributed by atoms with Gasteiger partial charge in [0.05, 0.1) is 12.2 Å². The SMILES string of the molecule is Cc1cccc2cc(C(=O)NCc3cocn3)[nH]c12. The molecule has 0 bridgehead atoms. The Morgan fingerprint density at radius 1 is 1.47 bits per heavy atom. The molecule has 0 spiro atoms. The molecule has 0 aliphatic rings. The van der Waals surface area contributed by atoms with Crippen LogP contribution in [-0.4, -0.2) is 15.9 Å². The Morgan fingerprint density at radius 3 is 3.11 bits per heavy atom. The van der Waals surface area contributed by atoms with Gasteiger partial charge in [0.15, 0.2) is 6.39 Å². The van der Waals surface area contributed by atoms with Crippen molar-refractivity contribution >= 4 is 16.8 Å². The highest BCUT2D eigenvalue weighted by Gasteiger charge is 2.10. The van der Waals surface area contributed by atoms with Gasteiger partial charge in [-0.25, -0.2) is 4.98 Å². The van der Waals surface area contributed by atoms with E-state index in [0.29, 0.717) is 17.9 Å². The molecule has 1 amide bonds. The Bertz CT molecular complexity index is 713. The molecule has 2 N–H and O–H groups in total. The first-order chi connectivity index (χ1) is 9.24. The number of hydrogen-bond donors (Lipinski definition) is 2. The Balaban J connectivity index is 1.80. The van der Waals surface area contributed by atoms with E-state index >= 15 is 0 Å². The van der Waals surface area contributed by atoms with Gasteiger partial charge in [-0.3, -0.25) is 4.79 Å². The zero-order valence-corrected chi connectivity index (χ0v) is 10.4. The second-order valence-corrected chi connectivity index (χ2v) is 4.38. The number of carbonyl (C=O) groups excluding carboxylic acids is 1. The Labute approximate surface area is 109 Å². The number of nitrogens with one attached hydrogen (secondary N) is 2. The maximum Gasteiger partial charge on any atom is 0.268 e. The van der Waals surface area contributed by atoms with Crippen molar-refractivity contribution in [2.45, 2.75) is 13.5 Å². The van der Waals surface area contributed by atoms with Crippen molar-refractivity contribution in [2.75, 3.05) is 0 Å². The van der Waals surface area contributed by atoms with Gasteiger partial charge in [0.25, 0.3) is 5.91 Å². The normalized spacial score (nSPS) is 10.8. The van der Waals surface area contributed by atoms with Crippen LogP contribution in [0.15, 0.2) is 41.3 Å². The first-order valence-electron chi connectivity index (χ1n) is 5.97. The number of para-hydroxylation sites is 1. The summed E-state index contributed by atoms with van der Waals surface area (Å²) in [6.07, 6.45) is 2.85. The van der Waals surface area contributed by atoms with E-state index in [9.17, 15) is 4.79 Å². The molecule has 0 atom stereocenters. The van der Waals surface area contributed by atoms with Crippen LogP contribution in [0.3, 0.4) is 0 Å². The van der Waals surface area contributed by atoms with Crippen molar-refractivity contribution in [2.24, 2.45) is 0 Å². The molecule has 3 aromatic rings. The second-order valence-electron chi connectivity index (χ2n) is 4.38. The molecule has 0 unspecified atom stereocenters. The van der Waals surface area contributed by atoms with Gasteiger partial charge in [-0.05, 0) is 18.6 Å². The minimum Gasteiger partial charge on any atom is -0.451 e. The third-order valence-electron chi connectivity index (χ3n) is 3.02. The molecule has 2 heterocycles. The molecular formula is C14H13N3O2. The fraction of sp³-hybridized carbons (Fsp3) is 0.143. The summed E-state index contributed by atoms with van der Waals surface area (Å²) in [6.45, 7) is 2.36. The van der Waals surface area contributed by atoms with Gasteiger partial charge in [0.1, 0.15) is 12.0 Å². The number of amides is 1. The number of benzene rings is 1. The number of rotatable bonds is 3. The molecule has 0 fully saturated rings. The quantitative estimate of drug-likeness (QED) is 0.755. The van der Waals surface area contributed by atoms with E-state index < -0.39 is 0 Å². The number of H-pyrrole nitrogens is 1. The molecule has 5 heteroatoms. The van der Waals surface area contributed by atoms with Gasteiger partial charge < -0.3 is 14.7 Å². The topological polar surface area (TPSA) is 70.9 Å².